The van der Waals surface area contributed by atoms with Crippen LogP contribution in [0.5, 0.6) is 11.6 Å². The van der Waals surface area contributed by atoms with Gasteiger partial charge in [0.1, 0.15) is 11.9 Å². The first kappa shape index (κ1) is 17.1. The normalized spacial score (nSPS) is 14.2. The van der Waals surface area contributed by atoms with Gasteiger partial charge >= 0.3 is 0 Å². The van der Waals surface area contributed by atoms with Gasteiger partial charge in [0.2, 0.25) is 5.88 Å². The number of nitrogens with zero attached hydrogens (tertiary/aromatic N) is 2. The quantitative estimate of drug-likeness (QED) is 0.785. The fourth-order valence-electron chi connectivity index (χ4n) is 2.14. The maximum Gasteiger partial charge on any atom is 0.260 e. The van der Waals surface area contributed by atoms with Gasteiger partial charge in [-0.1, -0.05) is 34.8 Å². The standard InChI is InChI=1S/C16H13Cl3N2O3/c17-10-1-3-14(13(19)5-10)23-9-16(22)21-7-12(8-21)24-15-4-2-11(18)6-20-15/h1-6,12H,7-9H2. The number of halogens is 3. The molecular formula is C16H13Cl3N2O3. The van der Waals surface area contributed by atoms with Crippen LogP contribution in [0.1, 0.15) is 0 Å². The average molecular weight is 388 g/mol. The first-order valence-corrected chi connectivity index (χ1v) is 8.28. The lowest BCUT2D eigenvalue weighted by molar-refractivity contribution is -0.142. The molecule has 1 aromatic carbocycles. The number of carbonyl (C=O) groups excluding carboxylic acids is 1. The number of amides is 1. The van der Waals surface area contributed by atoms with Crippen LogP contribution in [0.4, 0.5) is 0 Å². The zero-order valence-electron chi connectivity index (χ0n) is 12.4. The number of carbonyl (C=O) groups is 1. The molecule has 0 saturated carbocycles. The second kappa shape index (κ2) is 7.47. The number of ether oxygens (including phenoxy) is 2. The number of rotatable bonds is 5. The Kier molecular flexibility index (Phi) is 5.33. The molecular weight excluding hydrogens is 375 g/mol. The van der Waals surface area contributed by atoms with E-state index in [1.54, 1.807) is 35.2 Å². The van der Waals surface area contributed by atoms with Crippen molar-refractivity contribution in [2.45, 2.75) is 6.10 Å². The summed E-state index contributed by atoms with van der Waals surface area (Å²) in [5, 5.41) is 1.43. The molecule has 8 heteroatoms. The highest BCUT2D eigenvalue weighted by Crippen LogP contribution is 2.27. The number of benzene rings is 1. The van der Waals surface area contributed by atoms with Gasteiger partial charge in [-0.2, -0.15) is 0 Å². The molecule has 2 heterocycles. The van der Waals surface area contributed by atoms with Crippen molar-refractivity contribution >= 4 is 40.7 Å². The maximum atomic E-state index is 12.1. The molecule has 24 heavy (non-hydrogen) atoms. The third-order valence-corrected chi connectivity index (χ3v) is 4.19. The molecule has 0 spiro atoms. The predicted molar refractivity (Wildman–Crippen MR) is 92.2 cm³/mol. The lowest BCUT2D eigenvalue weighted by Gasteiger charge is -2.38. The lowest BCUT2D eigenvalue weighted by atomic mass is 10.1. The molecule has 5 nitrogen and oxygen atoms in total. The number of hydrogen-bond acceptors (Lipinski definition) is 4. The van der Waals surface area contributed by atoms with Crippen molar-refractivity contribution in [3.05, 3.63) is 51.6 Å². The topological polar surface area (TPSA) is 51.7 Å². The molecule has 0 N–H and O–H groups in total. The molecule has 0 aliphatic carbocycles. The highest BCUT2D eigenvalue weighted by molar-refractivity contribution is 6.35. The third kappa shape index (κ3) is 4.23. The molecule has 0 atom stereocenters. The van der Waals surface area contributed by atoms with Crippen LogP contribution in [-0.4, -0.2) is 41.6 Å². The third-order valence-electron chi connectivity index (χ3n) is 3.43. The molecule has 2 aromatic rings. The summed E-state index contributed by atoms with van der Waals surface area (Å²) in [7, 11) is 0. The van der Waals surface area contributed by atoms with E-state index in [-0.39, 0.29) is 18.6 Å². The largest absolute Gasteiger partial charge is 0.482 e. The molecule has 3 rings (SSSR count). The van der Waals surface area contributed by atoms with Crippen LogP contribution in [0.2, 0.25) is 15.1 Å². The van der Waals surface area contributed by atoms with E-state index in [2.05, 4.69) is 4.98 Å². The maximum absolute atomic E-state index is 12.1. The zero-order valence-corrected chi connectivity index (χ0v) is 14.7. The summed E-state index contributed by atoms with van der Waals surface area (Å²) in [4.78, 5) is 17.8. The van der Waals surface area contributed by atoms with E-state index in [1.807, 2.05) is 0 Å². The van der Waals surface area contributed by atoms with E-state index in [4.69, 9.17) is 44.3 Å². The molecule has 0 unspecified atom stereocenters. The second-order valence-corrected chi connectivity index (χ2v) is 6.50. The van der Waals surface area contributed by atoms with Gasteiger partial charge < -0.3 is 14.4 Å². The van der Waals surface area contributed by atoms with E-state index in [9.17, 15) is 4.79 Å². The Morgan fingerprint density at radius 3 is 2.58 bits per heavy atom. The van der Waals surface area contributed by atoms with Gasteiger partial charge in [-0.3, -0.25) is 4.79 Å². The Bertz CT molecular complexity index is 734. The van der Waals surface area contributed by atoms with Crippen molar-refractivity contribution in [1.82, 2.24) is 9.88 Å². The van der Waals surface area contributed by atoms with Crippen LogP contribution in [0.3, 0.4) is 0 Å². The monoisotopic (exact) mass is 386 g/mol. The van der Waals surface area contributed by atoms with Crippen LogP contribution in [0.25, 0.3) is 0 Å². The van der Waals surface area contributed by atoms with Gasteiger partial charge in [0.15, 0.2) is 6.61 Å². The van der Waals surface area contributed by atoms with Crippen molar-refractivity contribution in [3.63, 3.8) is 0 Å². The Hall–Kier alpha value is -1.69. The summed E-state index contributed by atoms with van der Waals surface area (Å²) in [6, 6.07) is 8.25. The minimum Gasteiger partial charge on any atom is -0.482 e. The molecule has 1 amide bonds. The van der Waals surface area contributed by atoms with Crippen LogP contribution < -0.4 is 9.47 Å². The first-order chi connectivity index (χ1) is 11.5. The van der Waals surface area contributed by atoms with E-state index in [0.717, 1.165) is 0 Å². The van der Waals surface area contributed by atoms with Crippen LogP contribution in [-0.2, 0) is 4.79 Å². The Labute approximate surface area is 154 Å². The Morgan fingerprint density at radius 2 is 1.92 bits per heavy atom. The van der Waals surface area contributed by atoms with E-state index >= 15 is 0 Å². The average Bonchev–Trinajstić information content (AvgIpc) is 2.51. The van der Waals surface area contributed by atoms with Crippen molar-refractivity contribution in [2.75, 3.05) is 19.7 Å². The van der Waals surface area contributed by atoms with Crippen molar-refractivity contribution in [1.29, 1.82) is 0 Å². The Morgan fingerprint density at radius 1 is 1.17 bits per heavy atom. The van der Waals surface area contributed by atoms with Crippen LogP contribution in [0, 0.1) is 0 Å². The molecule has 0 radical (unpaired) electrons. The highest BCUT2D eigenvalue weighted by Gasteiger charge is 2.32. The number of pyridine rings is 1. The fraction of sp³-hybridized carbons (Fsp3) is 0.250. The minimum absolute atomic E-state index is 0.0817. The summed E-state index contributed by atoms with van der Waals surface area (Å²) in [5.41, 5.74) is 0. The molecule has 1 aromatic heterocycles. The Balaban J connectivity index is 1.44. The van der Waals surface area contributed by atoms with Crippen molar-refractivity contribution in [2.24, 2.45) is 0 Å². The minimum atomic E-state index is -0.134. The molecule has 1 fully saturated rings. The lowest BCUT2D eigenvalue weighted by Crippen LogP contribution is -2.57. The molecule has 1 aliphatic rings. The number of aromatic nitrogens is 1. The van der Waals surface area contributed by atoms with Gasteiger partial charge in [-0.05, 0) is 24.3 Å². The van der Waals surface area contributed by atoms with Gasteiger partial charge in [0.25, 0.3) is 5.91 Å². The molecule has 1 saturated heterocycles. The molecule has 126 valence electrons. The van der Waals surface area contributed by atoms with E-state index in [0.29, 0.717) is 39.8 Å². The number of hydrogen-bond donors (Lipinski definition) is 0. The van der Waals surface area contributed by atoms with Gasteiger partial charge in [-0.25, -0.2) is 4.98 Å². The summed E-state index contributed by atoms with van der Waals surface area (Å²) in [6.07, 6.45) is 1.43. The van der Waals surface area contributed by atoms with Crippen molar-refractivity contribution < 1.29 is 14.3 Å². The summed E-state index contributed by atoms with van der Waals surface area (Å²) >= 11 is 17.6. The zero-order chi connectivity index (χ0) is 17.1. The smallest absolute Gasteiger partial charge is 0.260 e. The van der Waals surface area contributed by atoms with E-state index in [1.165, 1.54) is 6.20 Å². The SMILES string of the molecule is O=C(COc1ccc(Cl)cc1Cl)N1CC(Oc2ccc(Cl)cn2)C1. The van der Waals surface area contributed by atoms with E-state index < -0.39 is 0 Å². The predicted octanol–water partition coefficient (Wildman–Crippen LogP) is 3.71. The molecule has 0 bridgehead atoms. The molecule has 1 aliphatic heterocycles. The van der Waals surface area contributed by atoms with Gasteiger partial charge in [-0.15, -0.1) is 0 Å². The summed E-state index contributed by atoms with van der Waals surface area (Å²) in [6.45, 7) is 0.884. The highest BCUT2D eigenvalue weighted by atomic mass is 35.5. The van der Waals surface area contributed by atoms with Crippen LogP contribution in [0.15, 0.2) is 36.5 Å². The first-order valence-electron chi connectivity index (χ1n) is 7.15. The second-order valence-electron chi connectivity index (χ2n) is 5.22. The number of likely N-dealkylation sites (tertiary alicyclic amines) is 1. The van der Waals surface area contributed by atoms with Crippen molar-refractivity contribution in [3.8, 4) is 11.6 Å². The van der Waals surface area contributed by atoms with Crippen LogP contribution >= 0.6 is 34.8 Å². The summed E-state index contributed by atoms with van der Waals surface area (Å²) in [5.74, 6) is 0.777. The van der Waals surface area contributed by atoms with Gasteiger partial charge in [0, 0.05) is 17.3 Å². The fourth-order valence-corrected chi connectivity index (χ4v) is 2.72. The summed E-state index contributed by atoms with van der Waals surface area (Å²) < 4.78 is 11.1. The van der Waals surface area contributed by atoms with Gasteiger partial charge in [0.05, 0.1) is 23.1 Å².